The number of unbranched alkanes of at least 4 members (excludes halogenated alkanes) is 3. The summed E-state index contributed by atoms with van der Waals surface area (Å²) in [5, 5.41) is 0. The Labute approximate surface area is 161 Å². The second-order valence-corrected chi connectivity index (χ2v) is 21.5. The van der Waals surface area contributed by atoms with E-state index in [1.807, 2.05) is 0 Å². The van der Waals surface area contributed by atoms with Gasteiger partial charge in [0.05, 0.1) is 0 Å². The zero-order valence-corrected chi connectivity index (χ0v) is 19.8. The second kappa shape index (κ2) is 14.8. The van der Waals surface area contributed by atoms with Gasteiger partial charge < -0.3 is 0 Å². The molecule has 0 radical (unpaired) electrons. The normalized spacial score (nSPS) is 12.1. The van der Waals surface area contributed by atoms with Gasteiger partial charge in [-0.3, -0.25) is 0 Å². The van der Waals surface area contributed by atoms with Crippen molar-refractivity contribution in [3.63, 3.8) is 0 Å². The molecule has 0 atom stereocenters. The molecule has 1 aromatic rings. The van der Waals surface area contributed by atoms with Gasteiger partial charge in [-0.25, -0.2) is 0 Å². The summed E-state index contributed by atoms with van der Waals surface area (Å²) in [5.41, 5.74) is 1.26. The molecule has 0 heterocycles. The van der Waals surface area contributed by atoms with Crippen molar-refractivity contribution in [3.05, 3.63) is 48.0 Å². The van der Waals surface area contributed by atoms with Gasteiger partial charge in [0.15, 0.2) is 0 Å². The van der Waals surface area contributed by atoms with Crippen molar-refractivity contribution in [1.82, 2.24) is 0 Å². The van der Waals surface area contributed by atoms with Gasteiger partial charge in [-0.1, -0.05) is 0 Å². The average molecular weight is 451 g/mol. The zero-order valence-electron chi connectivity index (χ0n) is 16.9. The van der Waals surface area contributed by atoms with Crippen molar-refractivity contribution in [2.24, 2.45) is 0 Å². The molecule has 25 heavy (non-hydrogen) atoms. The van der Waals surface area contributed by atoms with Gasteiger partial charge in [-0.2, -0.15) is 0 Å². The number of benzene rings is 1. The Morgan fingerprint density at radius 3 is 1.88 bits per heavy atom. The molecule has 0 spiro atoms. The summed E-state index contributed by atoms with van der Waals surface area (Å²) < 4.78 is 12.0. The molecule has 1 aromatic carbocycles. The summed E-state index contributed by atoms with van der Waals surface area (Å²) in [6.07, 6.45) is 13.2. The summed E-state index contributed by atoms with van der Waals surface area (Å²) in [5.74, 6) is 0. The molecule has 0 saturated carbocycles. The maximum atomic E-state index is 5.81. The quantitative estimate of drug-likeness (QED) is 0.152. The summed E-state index contributed by atoms with van der Waals surface area (Å²) >= 11 is -1.97. The third kappa shape index (κ3) is 10.5. The van der Waals surface area contributed by atoms with Crippen LogP contribution in [0.1, 0.15) is 64.9 Å². The Morgan fingerprint density at radius 2 is 1.36 bits per heavy atom. The first-order valence-corrected chi connectivity index (χ1v) is 18.6. The number of hydrogen-bond donors (Lipinski definition) is 0. The minimum absolute atomic E-state index is 0.723. The summed E-state index contributed by atoms with van der Waals surface area (Å²) in [7, 11) is 0. The molecule has 142 valence electrons. The van der Waals surface area contributed by atoms with Crippen molar-refractivity contribution < 1.29 is 4.74 Å². The van der Waals surface area contributed by atoms with E-state index >= 15 is 0 Å². The van der Waals surface area contributed by atoms with E-state index in [0.717, 1.165) is 13.2 Å². The maximum absolute atomic E-state index is 5.81. The molecule has 0 fully saturated rings. The van der Waals surface area contributed by atoms with Crippen molar-refractivity contribution in [1.29, 1.82) is 0 Å². The standard InChI is InChI=1S/C11H13O.3C4H9.Sn/c1-2-3-9-12-10-11-7-5-4-6-8-11;3*1-3-4-2;/h2-8H,1,9-10H2;3*1,3-4H2,2H3;/b3-2+;;;;. The van der Waals surface area contributed by atoms with E-state index in [9.17, 15) is 0 Å². The zero-order chi connectivity index (χ0) is 18.2. The first-order chi connectivity index (χ1) is 12.3. The van der Waals surface area contributed by atoms with Gasteiger partial charge in [0, 0.05) is 0 Å². The molecule has 0 bridgehead atoms. The van der Waals surface area contributed by atoms with Crippen LogP contribution >= 0.6 is 0 Å². The van der Waals surface area contributed by atoms with Crippen LogP contribution in [0.15, 0.2) is 42.5 Å². The molecule has 0 N–H and O–H groups in total. The monoisotopic (exact) mass is 452 g/mol. The van der Waals surface area contributed by atoms with E-state index in [-0.39, 0.29) is 0 Å². The predicted molar refractivity (Wildman–Crippen MR) is 115 cm³/mol. The van der Waals surface area contributed by atoms with E-state index < -0.39 is 18.4 Å². The fourth-order valence-corrected chi connectivity index (χ4v) is 18.8. The molecule has 0 aliphatic carbocycles. The topological polar surface area (TPSA) is 9.23 Å². The second-order valence-electron chi connectivity index (χ2n) is 7.49. The Kier molecular flexibility index (Phi) is 13.5. The van der Waals surface area contributed by atoms with Crippen molar-refractivity contribution >= 4 is 18.4 Å². The Balaban J connectivity index is 2.47. The molecule has 0 aliphatic rings. The van der Waals surface area contributed by atoms with Crippen LogP contribution in [0.2, 0.25) is 17.7 Å². The van der Waals surface area contributed by atoms with E-state index in [1.165, 1.54) is 48.5 Å². The Hall–Kier alpha value is -0.281. The molecule has 0 saturated heterocycles. The first-order valence-electron chi connectivity index (χ1n) is 10.5. The molecule has 0 aromatic heterocycles. The number of allylic oxidation sites excluding steroid dienone is 1. The third-order valence-electron chi connectivity index (χ3n) is 5.23. The van der Waals surface area contributed by atoms with Gasteiger partial charge in [0.1, 0.15) is 0 Å². The summed E-state index contributed by atoms with van der Waals surface area (Å²) in [6.45, 7) is 8.53. The van der Waals surface area contributed by atoms with Crippen molar-refractivity contribution in [3.8, 4) is 0 Å². The van der Waals surface area contributed by atoms with Gasteiger partial charge in [0.2, 0.25) is 0 Å². The van der Waals surface area contributed by atoms with Crippen LogP contribution in [-0.4, -0.2) is 25.0 Å². The van der Waals surface area contributed by atoms with Crippen molar-refractivity contribution in [2.45, 2.75) is 83.6 Å². The van der Waals surface area contributed by atoms with Gasteiger partial charge in [0.25, 0.3) is 0 Å². The van der Waals surface area contributed by atoms with Gasteiger partial charge >= 0.3 is 161 Å². The van der Waals surface area contributed by atoms with Gasteiger partial charge in [-0.05, 0) is 0 Å². The Morgan fingerprint density at radius 1 is 0.800 bits per heavy atom. The summed E-state index contributed by atoms with van der Waals surface area (Å²) in [6, 6.07) is 10.5. The predicted octanol–water partition coefficient (Wildman–Crippen LogP) is 7.61. The average Bonchev–Trinajstić information content (AvgIpc) is 2.66. The van der Waals surface area contributed by atoms with Crippen LogP contribution < -0.4 is 0 Å². The fraction of sp³-hybridized carbons (Fsp3) is 0.652. The summed E-state index contributed by atoms with van der Waals surface area (Å²) in [4.78, 5) is 0. The number of ether oxygens (including phenoxy) is 1. The van der Waals surface area contributed by atoms with Crippen LogP contribution in [0.25, 0.3) is 0 Å². The first kappa shape index (κ1) is 22.8. The molecular formula is C23H40OSn. The van der Waals surface area contributed by atoms with E-state index in [4.69, 9.17) is 4.74 Å². The third-order valence-corrected chi connectivity index (χ3v) is 20.5. The fourth-order valence-electron chi connectivity index (χ4n) is 3.56. The van der Waals surface area contributed by atoms with Crippen LogP contribution in [-0.2, 0) is 11.3 Å². The van der Waals surface area contributed by atoms with E-state index in [0.29, 0.717) is 0 Å². The van der Waals surface area contributed by atoms with E-state index in [2.05, 4.69) is 63.3 Å². The Bertz CT molecular complexity index is 419. The van der Waals surface area contributed by atoms with Crippen LogP contribution in [0.4, 0.5) is 0 Å². The van der Waals surface area contributed by atoms with Crippen LogP contribution in [0.3, 0.4) is 0 Å². The van der Waals surface area contributed by atoms with E-state index in [1.54, 1.807) is 13.3 Å². The van der Waals surface area contributed by atoms with Crippen molar-refractivity contribution in [2.75, 3.05) is 6.61 Å². The van der Waals surface area contributed by atoms with Gasteiger partial charge in [-0.15, -0.1) is 0 Å². The minimum atomic E-state index is -1.97. The SMILES string of the molecule is CCC[CH2][Sn]([CH2]/C=C/COCc1ccccc1)([CH2]CCC)[CH2]CCC. The molecule has 0 aliphatic heterocycles. The number of rotatable bonds is 15. The molecule has 0 unspecified atom stereocenters. The number of hydrogen-bond acceptors (Lipinski definition) is 1. The van der Waals surface area contributed by atoms with Crippen LogP contribution in [0.5, 0.6) is 0 Å². The molecular weight excluding hydrogens is 411 g/mol. The molecule has 2 heteroatoms. The van der Waals surface area contributed by atoms with Crippen LogP contribution in [0, 0.1) is 0 Å². The molecule has 1 rings (SSSR count). The molecule has 0 amide bonds. The molecule has 1 nitrogen and oxygen atoms in total.